The summed E-state index contributed by atoms with van der Waals surface area (Å²) in [5, 5.41) is 15.3. The molecule has 2 rings (SSSR count). The molecular weight excluding hydrogens is 276 g/mol. The molecule has 1 fully saturated rings. The van der Waals surface area contributed by atoms with Gasteiger partial charge in [-0.1, -0.05) is 0 Å². The van der Waals surface area contributed by atoms with Gasteiger partial charge in [0, 0.05) is 25.9 Å². The van der Waals surface area contributed by atoms with Crippen LogP contribution in [0.2, 0.25) is 0 Å². The highest BCUT2D eigenvalue weighted by Gasteiger charge is 2.23. The number of ether oxygens (including phenoxy) is 1. The Morgan fingerprint density at radius 2 is 2.19 bits per heavy atom. The molecule has 0 spiro atoms. The van der Waals surface area contributed by atoms with Crippen LogP contribution in [0, 0.1) is 0 Å². The molecule has 2 heterocycles. The summed E-state index contributed by atoms with van der Waals surface area (Å²) in [5.41, 5.74) is 0.494. The van der Waals surface area contributed by atoms with Crippen LogP contribution in [-0.2, 0) is 16.1 Å². The summed E-state index contributed by atoms with van der Waals surface area (Å²) in [7, 11) is 0. The Morgan fingerprint density at radius 1 is 1.48 bits per heavy atom. The molecule has 1 saturated heterocycles. The van der Waals surface area contributed by atoms with Crippen LogP contribution in [0.25, 0.3) is 0 Å². The summed E-state index contributed by atoms with van der Waals surface area (Å²) in [6.45, 7) is 3.74. The van der Waals surface area contributed by atoms with E-state index in [1.54, 1.807) is 4.90 Å². The number of amides is 2. The quantitative estimate of drug-likeness (QED) is 0.845. The molecule has 0 saturated carbocycles. The number of carboxylic acids is 1. The van der Waals surface area contributed by atoms with Crippen molar-refractivity contribution >= 4 is 17.7 Å². The number of likely N-dealkylation sites (tertiary alicyclic amines) is 1. The largest absolute Gasteiger partial charge is 0.480 e. The SMILES string of the molecule is CCOC1CCN(C(=O)Nc2cnn(CC(=O)O)c2)CC1. The number of nitrogens with zero attached hydrogens (tertiary/aromatic N) is 3. The molecular formula is C13H20N4O4. The van der Waals surface area contributed by atoms with Crippen LogP contribution >= 0.6 is 0 Å². The number of urea groups is 1. The normalized spacial score (nSPS) is 16.0. The molecule has 1 aromatic rings. The van der Waals surface area contributed by atoms with Gasteiger partial charge in [0.15, 0.2) is 0 Å². The van der Waals surface area contributed by atoms with E-state index in [1.807, 2.05) is 6.92 Å². The molecule has 0 aliphatic carbocycles. The topological polar surface area (TPSA) is 96.7 Å². The summed E-state index contributed by atoms with van der Waals surface area (Å²) < 4.78 is 6.81. The van der Waals surface area contributed by atoms with E-state index in [2.05, 4.69) is 10.4 Å². The van der Waals surface area contributed by atoms with Crippen molar-refractivity contribution < 1.29 is 19.4 Å². The maximum Gasteiger partial charge on any atom is 0.325 e. The van der Waals surface area contributed by atoms with E-state index in [-0.39, 0.29) is 18.7 Å². The minimum atomic E-state index is -0.978. The van der Waals surface area contributed by atoms with Gasteiger partial charge in [-0.2, -0.15) is 5.10 Å². The van der Waals surface area contributed by atoms with Gasteiger partial charge in [-0.05, 0) is 19.8 Å². The van der Waals surface area contributed by atoms with E-state index >= 15 is 0 Å². The number of carbonyl (C=O) groups excluding carboxylic acids is 1. The fourth-order valence-corrected chi connectivity index (χ4v) is 2.32. The second kappa shape index (κ2) is 7.07. The lowest BCUT2D eigenvalue weighted by atomic mass is 10.1. The van der Waals surface area contributed by atoms with Crippen molar-refractivity contribution in [1.29, 1.82) is 0 Å². The van der Waals surface area contributed by atoms with E-state index in [0.717, 1.165) is 12.8 Å². The zero-order valence-corrected chi connectivity index (χ0v) is 12.0. The van der Waals surface area contributed by atoms with E-state index in [4.69, 9.17) is 9.84 Å². The Kier molecular flexibility index (Phi) is 5.15. The first-order valence-corrected chi connectivity index (χ1v) is 7.00. The van der Waals surface area contributed by atoms with Gasteiger partial charge in [0.1, 0.15) is 6.54 Å². The Bertz CT molecular complexity index is 494. The van der Waals surface area contributed by atoms with Crippen molar-refractivity contribution in [2.75, 3.05) is 25.0 Å². The molecule has 0 unspecified atom stereocenters. The monoisotopic (exact) mass is 296 g/mol. The number of nitrogens with one attached hydrogen (secondary N) is 1. The number of aliphatic carboxylic acids is 1. The summed E-state index contributed by atoms with van der Waals surface area (Å²) >= 11 is 0. The van der Waals surface area contributed by atoms with Crippen molar-refractivity contribution in [2.45, 2.75) is 32.4 Å². The maximum atomic E-state index is 12.1. The molecule has 2 amide bonds. The molecule has 8 nitrogen and oxygen atoms in total. The fourth-order valence-electron chi connectivity index (χ4n) is 2.32. The molecule has 8 heteroatoms. The smallest absolute Gasteiger partial charge is 0.325 e. The Hall–Kier alpha value is -2.09. The van der Waals surface area contributed by atoms with Gasteiger partial charge in [0.25, 0.3) is 0 Å². The molecule has 1 aliphatic heterocycles. The standard InChI is InChI=1S/C13H20N4O4/c1-2-21-11-3-5-16(6-4-11)13(20)15-10-7-14-17(8-10)9-12(18)19/h7-8,11H,2-6,9H2,1H3,(H,15,20)(H,18,19). The summed E-state index contributed by atoms with van der Waals surface area (Å²) in [4.78, 5) is 24.4. The van der Waals surface area contributed by atoms with Gasteiger partial charge < -0.3 is 20.1 Å². The molecule has 0 radical (unpaired) electrons. The van der Waals surface area contributed by atoms with Crippen LogP contribution in [0.1, 0.15) is 19.8 Å². The van der Waals surface area contributed by atoms with Gasteiger partial charge >= 0.3 is 12.0 Å². The Balaban J connectivity index is 1.82. The number of anilines is 1. The molecule has 116 valence electrons. The predicted molar refractivity (Wildman–Crippen MR) is 75.1 cm³/mol. The average Bonchev–Trinajstić information content (AvgIpc) is 2.86. The summed E-state index contributed by atoms with van der Waals surface area (Å²) in [6.07, 6.45) is 4.84. The second-order valence-electron chi connectivity index (χ2n) is 4.89. The summed E-state index contributed by atoms with van der Waals surface area (Å²) in [6, 6.07) is -0.195. The Morgan fingerprint density at radius 3 is 2.81 bits per heavy atom. The van der Waals surface area contributed by atoms with Gasteiger partial charge in [-0.15, -0.1) is 0 Å². The van der Waals surface area contributed by atoms with E-state index in [1.165, 1.54) is 17.1 Å². The molecule has 0 aromatic carbocycles. The number of hydrogen-bond donors (Lipinski definition) is 2. The minimum Gasteiger partial charge on any atom is -0.480 e. The molecule has 0 bridgehead atoms. The average molecular weight is 296 g/mol. The second-order valence-corrected chi connectivity index (χ2v) is 4.89. The molecule has 1 aliphatic rings. The number of hydrogen-bond acceptors (Lipinski definition) is 4. The third kappa shape index (κ3) is 4.45. The third-order valence-electron chi connectivity index (χ3n) is 3.31. The molecule has 21 heavy (non-hydrogen) atoms. The lowest BCUT2D eigenvalue weighted by molar-refractivity contribution is -0.137. The first-order chi connectivity index (χ1) is 10.1. The van der Waals surface area contributed by atoms with Gasteiger partial charge in [0.05, 0.1) is 18.0 Å². The maximum absolute atomic E-state index is 12.1. The zero-order valence-electron chi connectivity index (χ0n) is 12.0. The van der Waals surface area contributed by atoms with Crippen LogP contribution in [0.4, 0.5) is 10.5 Å². The van der Waals surface area contributed by atoms with Crippen molar-refractivity contribution in [3.63, 3.8) is 0 Å². The van der Waals surface area contributed by atoms with Crippen LogP contribution in [-0.4, -0.2) is 57.6 Å². The number of rotatable bonds is 5. The molecule has 2 N–H and O–H groups in total. The van der Waals surface area contributed by atoms with Gasteiger partial charge in [-0.3, -0.25) is 9.48 Å². The minimum absolute atomic E-state index is 0.195. The highest BCUT2D eigenvalue weighted by Crippen LogP contribution is 2.15. The van der Waals surface area contributed by atoms with Crippen molar-refractivity contribution in [2.24, 2.45) is 0 Å². The van der Waals surface area contributed by atoms with E-state index in [9.17, 15) is 9.59 Å². The van der Waals surface area contributed by atoms with Crippen molar-refractivity contribution in [3.05, 3.63) is 12.4 Å². The lowest BCUT2D eigenvalue weighted by Gasteiger charge is -2.31. The zero-order chi connectivity index (χ0) is 15.2. The van der Waals surface area contributed by atoms with Crippen molar-refractivity contribution in [3.8, 4) is 0 Å². The predicted octanol–water partition coefficient (Wildman–Crippen LogP) is 1.00. The highest BCUT2D eigenvalue weighted by molar-refractivity contribution is 5.89. The van der Waals surface area contributed by atoms with Crippen LogP contribution < -0.4 is 5.32 Å². The third-order valence-corrected chi connectivity index (χ3v) is 3.31. The first kappa shape index (κ1) is 15.3. The highest BCUT2D eigenvalue weighted by atomic mass is 16.5. The lowest BCUT2D eigenvalue weighted by Crippen LogP contribution is -2.43. The first-order valence-electron chi connectivity index (χ1n) is 7.00. The number of aromatic nitrogens is 2. The number of piperidine rings is 1. The van der Waals surface area contributed by atoms with E-state index < -0.39 is 5.97 Å². The molecule has 1 aromatic heterocycles. The van der Waals surface area contributed by atoms with Crippen LogP contribution in [0.3, 0.4) is 0 Å². The van der Waals surface area contributed by atoms with Crippen LogP contribution in [0.15, 0.2) is 12.4 Å². The van der Waals surface area contributed by atoms with Gasteiger partial charge in [-0.25, -0.2) is 4.79 Å². The fraction of sp³-hybridized carbons (Fsp3) is 0.615. The number of carbonyl (C=O) groups is 2. The van der Waals surface area contributed by atoms with Crippen LogP contribution in [0.5, 0.6) is 0 Å². The van der Waals surface area contributed by atoms with Gasteiger partial charge in [0.2, 0.25) is 0 Å². The summed E-state index contributed by atoms with van der Waals surface area (Å²) in [5.74, 6) is -0.978. The van der Waals surface area contributed by atoms with Crippen molar-refractivity contribution in [1.82, 2.24) is 14.7 Å². The molecule has 0 atom stereocenters. The number of carboxylic acid groups (broad SMARTS) is 1. The Labute approximate surface area is 122 Å². The van der Waals surface area contributed by atoms with E-state index in [0.29, 0.717) is 25.4 Å².